The van der Waals surface area contributed by atoms with Gasteiger partial charge in [0, 0.05) is 35.8 Å². The molecule has 3 unspecified atom stereocenters. The first-order valence-corrected chi connectivity index (χ1v) is 13.5. The van der Waals surface area contributed by atoms with Gasteiger partial charge in [-0.3, -0.25) is 10.2 Å². The van der Waals surface area contributed by atoms with Gasteiger partial charge in [0.25, 0.3) is 0 Å². The molecule has 35 heavy (non-hydrogen) atoms. The van der Waals surface area contributed by atoms with Gasteiger partial charge in [0.2, 0.25) is 5.95 Å². The smallest absolute Gasteiger partial charge is 0.407 e. The van der Waals surface area contributed by atoms with Crippen molar-refractivity contribution in [3.05, 3.63) is 47.5 Å². The van der Waals surface area contributed by atoms with Crippen LogP contribution in [0.4, 0.5) is 20.8 Å². The van der Waals surface area contributed by atoms with E-state index in [-0.39, 0.29) is 46.8 Å². The van der Waals surface area contributed by atoms with Gasteiger partial charge in [-0.05, 0) is 37.8 Å². The van der Waals surface area contributed by atoms with Gasteiger partial charge in [-0.25, -0.2) is 27.6 Å². The van der Waals surface area contributed by atoms with Crippen molar-refractivity contribution >= 4 is 27.6 Å². The number of halogens is 1. The summed E-state index contributed by atoms with van der Waals surface area (Å²) >= 11 is 0. The average Bonchev–Trinajstić information content (AvgIpc) is 3.12. The maximum absolute atomic E-state index is 15.2. The minimum atomic E-state index is -2.89. The maximum Gasteiger partial charge on any atom is 0.407 e. The third-order valence-corrected chi connectivity index (χ3v) is 10.1. The Bertz CT molecular complexity index is 1300. The summed E-state index contributed by atoms with van der Waals surface area (Å²) in [7, 11) is -2.89. The summed E-state index contributed by atoms with van der Waals surface area (Å²) in [5.74, 6) is 0.249. The highest BCUT2D eigenvalue weighted by molar-refractivity contribution is 7.92. The molecule has 4 heterocycles. The van der Waals surface area contributed by atoms with Crippen LogP contribution in [-0.2, 0) is 15.4 Å². The Hall–Kier alpha value is -2.99. The lowest BCUT2D eigenvalue weighted by molar-refractivity contribution is 0.0526. The molecule has 2 aromatic rings. The summed E-state index contributed by atoms with van der Waals surface area (Å²) in [6, 6.07) is 5.53. The van der Waals surface area contributed by atoms with E-state index in [1.54, 1.807) is 24.4 Å². The number of amides is 1. The minimum absolute atomic E-state index is 0.0370. The van der Waals surface area contributed by atoms with Crippen molar-refractivity contribution in [2.75, 3.05) is 29.1 Å². The van der Waals surface area contributed by atoms with Crippen LogP contribution < -0.4 is 16.4 Å². The Labute approximate surface area is 202 Å². The third kappa shape index (κ3) is 3.53. The molecule has 1 amide bonds. The van der Waals surface area contributed by atoms with Gasteiger partial charge in [0.1, 0.15) is 0 Å². The van der Waals surface area contributed by atoms with E-state index < -0.39 is 33.3 Å². The lowest BCUT2D eigenvalue weighted by atomic mass is 9.67. The monoisotopic (exact) mass is 502 g/mol. The number of fused-ring (bicyclic) bond motifs is 2. The number of piperazine rings is 1. The van der Waals surface area contributed by atoms with Gasteiger partial charge < -0.3 is 16.2 Å². The average molecular weight is 503 g/mol. The summed E-state index contributed by atoms with van der Waals surface area (Å²) in [5.41, 5.74) is 5.54. The molecule has 10 nitrogen and oxygen atoms in total. The molecule has 5 N–H and O–H groups in total. The summed E-state index contributed by atoms with van der Waals surface area (Å²) in [5, 5.41) is 16.9. The molecule has 3 atom stereocenters. The van der Waals surface area contributed by atoms with Gasteiger partial charge >= 0.3 is 6.09 Å². The first-order valence-electron chi connectivity index (χ1n) is 11.7. The van der Waals surface area contributed by atoms with E-state index in [4.69, 9.17) is 10.7 Å². The van der Waals surface area contributed by atoms with Crippen LogP contribution in [-0.4, -0.2) is 64.6 Å². The van der Waals surface area contributed by atoms with Gasteiger partial charge in [-0.1, -0.05) is 12.1 Å². The number of nitrogens with zero attached hydrogens (tertiary/aromatic N) is 3. The Kier molecular flexibility index (Phi) is 4.82. The number of likely N-dealkylation sites (tertiary alicyclic amines) is 1. The summed E-state index contributed by atoms with van der Waals surface area (Å²) in [4.78, 5) is 22.7. The maximum atomic E-state index is 15.2. The summed E-state index contributed by atoms with van der Waals surface area (Å²) < 4.78 is 38.4. The van der Waals surface area contributed by atoms with Crippen LogP contribution in [0.2, 0.25) is 0 Å². The fourth-order valence-corrected chi connectivity index (χ4v) is 8.94. The number of anilines is 2. The zero-order chi connectivity index (χ0) is 24.6. The van der Waals surface area contributed by atoms with Gasteiger partial charge in [-0.2, -0.15) is 0 Å². The summed E-state index contributed by atoms with van der Waals surface area (Å²) in [6.07, 6.45) is 3.27. The molecule has 6 rings (SSSR count). The Morgan fingerprint density at radius 2 is 2.06 bits per heavy atom. The van der Waals surface area contributed by atoms with Crippen molar-refractivity contribution in [3.63, 3.8) is 0 Å². The minimum Gasteiger partial charge on any atom is -0.465 e. The molecule has 0 radical (unpaired) electrons. The molecule has 12 heteroatoms. The SMILES string of the molecule is Nc1cccc(C2N(C(=O)O)CC3CCC2(c2ccnc(NC4CC5(C4)CS(=O)(=O)C5)n2)N3)c1F. The number of sulfone groups is 1. The van der Waals surface area contributed by atoms with Gasteiger partial charge in [0.15, 0.2) is 15.7 Å². The predicted octanol–water partition coefficient (Wildman–Crippen LogP) is 1.87. The summed E-state index contributed by atoms with van der Waals surface area (Å²) in [6.45, 7) is 0.235. The van der Waals surface area contributed by atoms with E-state index in [0.29, 0.717) is 18.1 Å². The highest BCUT2D eigenvalue weighted by Crippen LogP contribution is 2.52. The van der Waals surface area contributed by atoms with Crippen molar-refractivity contribution in [3.8, 4) is 0 Å². The zero-order valence-electron chi connectivity index (χ0n) is 18.9. The molecule has 3 saturated heterocycles. The number of rotatable bonds is 4. The number of hydrogen-bond acceptors (Lipinski definition) is 8. The Balaban J connectivity index is 1.33. The number of nitrogens with one attached hydrogen (secondary N) is 2. The molecule has 1 aromatic carbocycles. The fourth-order valence-electron chi connectivity index (χ4n) is 6.69. The second-order valence-electron chi connectivity index (χ2n) is 10.5. The molecule has 2 bridgehead atoms. The lowest BCUT2D eigenvalue weighted by Gasteiger charge is -2.53. The zero-order valence-corrected chi connectivity index (χ0v) is 19.8. The van der Waals surface area contributed by atoms with Crippen LogP contribution in [0.3, 0.4) is 0 Å². The fraction of sp³-hybridized carbons (Fsp3) is 0.522. The molecule has 1 aliphatic carbocycles. The van der Waals surface area contributed by atoms with Crippen LogP contribution in [0.15, 0.2) is 30.5 Å². The number of nitrogens with two attached hydrogens (primary N) is 1. The van der Waals surface area contributed by atoms with Crippen LogP contribution in [0.1, 0.15) is 43.0 Å². The largest absolute Gasteiger partial charge is 0.465 e. The van der Waals surface area contributed by atoms with Gasteiger partial charge in [0.05, 0.1) is 34.5 Å². The molecule has 1 spiro atoms. The van der Waals surface area contributed by atoms with E-state index in [1.165, 1.54) is 11.0 Å². The highest BCUT2D eigenvalue weighted by atomic mass is 32.2. The highest BCUT2D eigenvalue weighted by Gasteiger charge is 2.58. The molecule has 1 aromatic heterocycles. The van der Waals surface area contributed by atoms with Crippen molar-refractivity contribution < 1.29 is 22.7 Å². The Morgan fingerprint density at radius 3 is 2.77 bits per heavy atom. The van der Waals surface area contributed by atoms with Crippen molar-refractivity contribution in [2.24, 2.45) is 5.41 Å². The first kappa shape index (κ1) is 22.5. The predicted molar refractivity (Wildman–Crippen MR) is 126 cm³/mol. The van der Waals surface area contributed by atoms with Crippen LogP contribution in [0.5, 0.6) is 0 Å². The molecule has 186 valence electrons. The second-order valence-corrected chi connectivity index (χ2v) is 12.6. The van der Waals surface area contributed by atoms with Crippen LogP contribution in [0.25, 0.3) is 0 Å². The molecular weight excluding hydrogens is 475 g/mol. The van der Waals surface area contributed by atoms with Crippen molar-refractivity contribution in [1.82, 2.24) is 20.2 Å². The molecular formula is C23H27FN6O4S. The van der Waals surface area contributed by atoms with E-state index in [2.05, 4.69) is 15.6 Å². The number of aromatic nitrogens is 2. The van der Waals surface area contributed by atoms with E-state index in [9.17, 15) is 18.3 Å². The topological polar surface area (TPSA) is 151 Å². The quantitative estimate of drug-likeness (QED) is 0.459. The number of hydrogen-bond donors (Lipinski definition) is 4. The molecule has 4 aliphatic rings. The first-order chi connectivity index (χ1) is 16.6. The molecule has 4 fully saturated rings. The van der Waals surface area contributed by atoms with E-state index in [1.807, 2.05) is 0 Å². The number of nitrogen functional groups attached to an aromatic ring is 1. The normalized spacial score (nSPS) is 30.5. The second kappa shape index (κ2) is 7.50. The third-order valence-electron chi connectivity index (χ3n) is 8.00. The Morgan fingerprint density at radius 1 is 1.29 bits per heavy atom. The van der Waals surface area contributed by atoms with Crippen LogP contribution in [0, 0.1) is 11.2 Å². The van der Waals surface area contributed by atoms with E-state index in [0.717, 1.165) is 19.3 Å². The molecule has 3 aliphatic heterocycles. The number of carbonyl (C=O) groups is 1. The van der Waals surface area contributed by atoms with Crippen molar-refractivity contribution in [1.29, 1.82) is 0 Å². The standard InChI is InChI=1S/C23H27FN6O4S/c24-18-15(2-1-3-16(18)25)19-23(6-4-13(29-23)10-30(19)21(31)32)17-5-7-26-20(28-17)27-14-8-22(9-14)11-35(33,34)12-22/h1-3,5,7,13-14,19,29H,4,6,8-12,25H2,(H,31,32)(H,26,27,28). The van der Waals surface area contributed by atoms with Gasteiger partial charge in [-0.15, -0.1) is 0 Å². The van der Waals surface area contributed by atoms with Crippen LogP contribution >= 0.6 is 0 Å². The number of benzene rings is 1. The van der Waals surface area contributed by atoms with E-state index >= 15 is 4.39 Å². The lowest BCUT2D eigenvalue weighted by Crippen LogP contribution is -2.61. The molecule has 1 saturated carbocycles. The van der Waals surface area contributed by atoms with Crippen molar-refractivity contribution in [2.45, 2.75) is 49.3 Å². The number of carboxylic acid groups (broad SMARTS) is 1.